The monoisotopic (exact) mass is 585 g/mol. The van der Waals surface area contributed by atoms with Crippen molar-refractivity contribution >= 4 is 23.5 Å². The second-order valence-corrected chi connectivity index (χ2v) is 10.3. The summed E-state index contributed by atoms with van der Waals surface area (Å²) in [5, 5.41) is 8.48. The minimum absolute atomic E-state index is 0.237. The predicted octanol–water partition coefficient (Wildman–Crippen LogP) is 7.08. The van der Waals surface area contributed by atoms with Crippen molar-refractivity contribution < 1.29 is 23.5 Å². The Balaban J connectivity index is 1.33. The summed E-state index contributed by atoms with van der Waals surface area (Å²) in [7, 11) is 1.54. The molecule has 1 aromatic heterocycles. The fourth-order valence-corrected chi connectivity index (χ4v) is 4.66. The number of urea groups is 1. The van der Waals surface area contributed by atoms with E-state index in [-0.39, 0.29) is 6.54 Å². The summed E-state index contributed by atoms with van der Waals surface area (Å²) in [5.41, 5.74) is 3.59. The van der Waals surface area contributed by atoms with Gasteiger partial charge in [0.15, 0.2) is 12.2 Å². The van der Waals surface area contributed by atoms with Crippen molar-refractivity contribution in [3.8, 4) is 17.1 Å². The first-order valence-corrected chi connectivity index (χ1v) is 14.3. The third-order valence-corrected chi connectivity index (χ3v) is 6.84. The largest absolute Gasteiger partial charge is 0.496 e. The van der Waals surface area contributed by atoms with Gasteiger partial charge in [0.2, 0.25) is 0 Å². The van der Waals surface area contributed by atoms with E-state index >= 15 is 0 Å². The quantitative estimate of drug-likeness (QED) is 0.153. The van der Waals surface area contributed by atoms with Crippen LogP contribution in [0.4, 0.5) is 21.0 Å². The number of amides is 3. The molecule has 3 N–H and O–H groups in total. The molecule has 3 amide bonds. The Hall–Kier alpha value is -4.83. The SMILES string of the molecule is CCCN(CC(OC(=O)NCc1cccc(NC(=O)Nc2ccc(-c3cnco3)c(OC)c2)c1)c1ccccc1)C(C)C. The van der Waals surface area contributed by atoms with Crippen LogP contribution in [0.1, 0.15) is 44.4 Å². The van der Waals surface area contributed by atoms with E-state index in [1.54, 1.807) is 43.6 Å². The number of hydrogen-bond donors (Lipinski definition) is 3. The molecule has 0 fully saturated rings. The molecule has 1 unspecified atom stereocenters. The Morgan fingerprint density at radius 1 is 0.977 bits per heavy atom. The molecule has 1 atom stereocenters. The standard InChI is InChI=1S/C33H39N5O5/c1-5-16-38(23(2)3)21-31(25-11-7-6-8-12-25)43-33(40)35-19-24-10-9-13-26(17-24)36-32(39)37-27-14-15-28(29(18-27)41-4)30-20-34-22-42-30/h6-15,17-18,20,22-23,31H,5,16,19,21H2,1-4H3,(H,35,40)(H2,36,37,39). The predicted molar refractivity (Wildman–Crippen MR) is 167 cm³/mol. The molecule has 4 aromatic rings. The first kappa shape index (κ1) is 31.1. The van der Waals surface area contributed by atoms with Gasteiger partial charge in [-0.2, -0.15) is 0 Å². The van der Waals surface area contributed by atoms with Crippen LogP contribution in [-0.2, 0) is 11.3 Å². The van der Waals surface area contributed by atoms with Crippen molar-refractivity contribution in [1.29, 1.82) is 0 Å². The zero-order valence-corrected chi connectivity index (χ0v) is 25.0. The molecule has 3 aromatic carbocycles. The number of anilines is 2. The maximum Gasteiger partial charge on any atom is 0.408 e. The van der Waals surface area contributed by atoms with Gasteiger partial charge in [-0.05, 0) is 62.2 Å². The third-order valence-electron chi connectivity index (χ3n) is 6.84. The number of nitrogens with one attached hydrogen (secondary N) is 3. The summed E-state index contributed by atoms with van der Waals surface area (Å²) in [6.45, 7) is 8.19. The maximum atomic E-state index is 12.9. The van der Waals surface area contributed by atoms with E-state index in [0.717, 1.165) is 29.7 Å². The van der Waals surface area contributed by atoms with Crippen molar-refractivity contribution in [1.82, 2.24) is 15.2 Å². The van der Waals surface area contributed by atoms with Crippen LogP contribution in [0.3, 0.4) is 0 Å². The van der Waals surface area contributed by atoms with E-state index in [1.165, 1.54) is 6.39 Å². The van der Waals surface area contributed by atoms with Crippen LogP contribution in [0.25, 0.3) is 11.3 Å². The second kappa shape index (κ2) is 15.4. The van der Waals surface area contributed by atoms with Gasteiger partial charge in [-0.1, -0.05) is 49.4 Å². The topological polar surface area (TPSA) is 118 Å². The van der Waals surface area contributed by atoms with E-state index in [1.807, 2.05) is 42.5 Å². The number of aromatic nitrogens is 1. The number of hydrogen-bond acceptors (Lipinski definition) is 7. The highest BCUT2D eigenvalue weighted by Crippen LogP contribution is 2.32. The molecule has 0 bridgehead atoms. The van der Waals surface area contributed by atoms with E-state index < -0.39 is 18.2 Å². The molecule has 226 valence electrons. The van der Waals surface area contributed by atoms with Crippen LogP contribution in [-0.4, -0.2) is 48.2 Å². The van der Waals surface area contributed by atoms with Crippen molar-refractivity contribution in [3.63, 3.8) is 0 Å². The third kappa shape index (κ3) is 9.08. The van der Waals surface area contributed by atoms with Crippen molar-refractivity contribution in [2.75, 3.05) is 30.8 Å². The number of oxazole rings is 1. The van der Waals surface area contributed by atoms with Gasteiger partial charge in [0.25, 0.3) is 0 Å². The van der Waals surface area contributed by atoms with Crippen LogP contribution in [0.5, 0.6) is 5.75 Å². The van der Waals surface area contributed by atoms with Gasteiger partial charge in [0.1, 0.15) is 11.9 Å². The number of rotatable bonds is 13. The number of alkyl carbamates (subject to hydrolysis) is 1. The molecule has 0 saturated heterocycles. The van der Waals surface area contributed by atoms with E-state index in [4.69, 9.17) is 13.9 Å². The number of benzene rings is 3. The summed E-state index contributed by atoms with van der Waals surface area (Å²) in [6, 6.07) is 22.2. The van der Waals surface area contributed by atoms with Gasteiger partial charge in [0, 0.05) is 36.6 Å². The zero-order valence-electron chi connectivity index (χ0n) is 25.0. The fraction of sp³-hybridized carbons (Fsp3) is 0.303. The van der Waals surface area contributed by atoms with E-state index in [9.17, 15) is 9.59 Å². The molecule has 4 rings (SSSR count). The normalized spacial score (nSPS) is 11.7. The average molecular weight is 586 g/mol. The number of nitrogens with zero attached hydrogens (tertiary/aromatic N) is 2. The van der Waals surface area contributed by atoms with Crippen molar-refractivity contribution in [3.05, 3.63) is 96.5 Å². The Kier molecular flexibility index (Phi) is 11.2. The van der Waals surface area contributed by atoms with Gasteiger partial charge < -0.3 is 29.8 Å². The average Bonchev–Trinajstić information content (AvgIpc) is 3.55. The van der Waals surface area contributed by atoms with Crippen molar-refractivity contribution in [2.45, 2.75) is 45.9 Å². The van der Waals surface area contributed by atoms with E-state index in [0.29, 0.717) is 35.5 Å². The molecule has 0 aliphatic rings. The van der Waals surface area contributed by atoms with Crippen molar-refractivity contribution in [2.24, 2.45) is 0 Å². The number of carbonyl (C=O) groups is 2. The highest BCUT2D eigenvalue weighted by Gasteiger charge is 2.21. The summed E-state index contributed by atoms with van der Waals surface area (Å²) in [6.07, 6.45) is 3.04. The lowest BCUT2D eigenvalue weighted by molar-refractivity contribution is 0.0600. The zero-order chi connectivity index (χ0) is 30.6. The lowest BCUT2D eigenvalue weighted by atomic mass is 10.1. The second-order valence-electron chi connectivity index (χ2n) is 10.3. The Bertz CT molecular complexity index is 1460. The van der Waals surface area contributed by atoms with Gasteiger partial charge >= 0.3 is 12.1 Å². The smallest absolute Gasteiger partial charge is 0.408 e. The Labute approximate surface area is 252 Å². The van der Waals surface area contributed by atoms with Gasteiger partial charge in [-0.3, -0.25) is 4.90 Å². The van der Waals surface area contributed by atoms with Crippen LogP contribution < -0.4 is 20.7 Å². The first-order chi connectivity index (χ1) is 20.9. The molecule has 0 aliphatic carbocycles. The number of methoxy groups -OCH3 is 1. The fourth-order valence-electron chi connectivity index (χ4n) is 4.66. The molecule has 0 radical (unpaired) electrons. The highest BCUT2D eigenvalue weighted by atomic mass is 16.6. The first-order valence-electron chi connectivity index (χ1n) is 14.3. The van der Waals surface area contributed by atoms with E-state index in [2.05, 4.69) is 46.6 Å². The van der Waals surface area contributed by atoms with Crippen LogP contribution >= 0.6 is 0 Å². The molecule has 1 heterocycles. The molecule has 0 aliphatic heterocycles. The molecule has 10 nitrogen and oxygen atoms in total. The van der Waals surface area contributed by atoms with Crippen LogP contribution in [0, 0.1) is 0 Å². The minimum atomic E-state index is -0.507. The Morgan fingerprint density at radius 3 is 2.42 bits per heavy atom. The molecular formula is C33H39N5O5. The number of ether oxygens (including phenoxy) is 2. The molecule has 43 heavy (non-hydrogen) atoms. The van der Waals surface area contributed by atoms with Gasteiger partial charge in [-0.25, -0.2) is 14.6 Å². The molecular weight excluding hydrogens is 546 g/mol. The van der Waals surface area contributed by atoms with Crippen LogP contribution in [0.2, 0.25) is 0 Å². The molecule has 0 spiro atoms. The lowest BCUT2D eigenvalue weighted by Gasteiger charge is -2.30. The summed E-state index contributed by atoms with van der Waals surface area (Å²) in [5.74, 6) is 1.10. The van der Waals surface area contributed by atoms with Crippen LogP contribution in [0.15, 0.2) is 89.8 Å². The summed E-state index contributed by atoms with van der Waals surface area (Å²) in [4.78, 5) is 31.8. The molecule has 0 saturated carbocycles. The van der Waals surface area contributed by atoms with Gasteiger partial charge in [-0.15, -0.1) is 0 Å². The lowest BCUT2D eigenvalue weighted by Crippen LogP contribution is -2.37. The summed E-state index contributed by atoms with van der Waals surface area (Å²) >= 11 is 0. The summed E-state index contributed by atoms with van der Waals surface area (Å²) < 4.78 is 16.7. The number of carbonyl (C=O) groups excluding carboxylic acids is 2. The van der Waals surface area contributed by atoms with Gasteiger partial charge in [0.05, 0.1) is 18.9 Å². The maximum absolute atomic E-state index is 12.9. The molecule has 10 heteroatoms. The minimum Gasteiger partial charge on any atom is -0.496 e. The Morgan fingerprint density at radius 2 is 1.74 bits per heavy atom. The highest BCUT2D eigenvalue weighted by molar-refractivity contribution is 6.00.